The van der Waals surface area contributed by atoms with Gasteiger partial charge < -0.3 is 0 Å². The summed E-state index contributed by atoms with van der Waals surface area (Å²) < 4.78 is 57.9. The van der Waals surface area contributed by atoms with Gasteiger partial charge in [0.15, 0.2) is 5.03 Å². The van der Waals surface area contributed by atoms with Crippen LogP contribution in [0.25, 0.3) is 0 Å². The predicted molar refractivity (Wildman–Crippen MR) is 45.2 cm³/mol. The number of alkyl halides is 3. The summed E-state index contributed by atoms with van der Waals surface area (Å²) in [6, 6.07) is 1.96. The average molecular weight is 290 g/mol. The van der Waals surface area contributed by atoms with E-state index in [9.17, 15) is 21.6 Å². The maximum absolute atomic E-state index is 12.0. The van der Waals surface area contributed by atoms with Gasteiger partial charge in [0, 0.05) is 10.7 Å². The zero-order valence-electron chi connectivity index (χ0n) is 6.42. The van der Waals surface area contributed by atoms with Gasteiger partial charge in [-0.15, -0.1) is 0 Å². The number of hydrogen-bond donors (Lipinski definition) is 0. The van der Waals surface area contributed by atoms with Crippen molar-refractivity contribution >= 4 is 25.8 Å². The minimum atomic E-state index is -5.33. The summed E-state index contributed by atoms with van der Waals surface area (Å²) in [6.45, 7) is 0. The van der Waals surface area contributed by atoms with E-state index in [0.29, 0.717) is 4.47 Å². The van der Waals surface area contributed by atoms with Crippen molar-refractivity contribution in [2.24, 2.45) is 0 Å². The Morgan fingerprint density at radius 2 is 1.86 bits per heavy atom. The molecule has 0 saturated heterocycles. The zero-order chi connectivity index (χ0) is 11.0. The van der Waals surface area contributed by atoms with Gasteiger partial charge in [-0.25, -0.2) is 13.4 Å². The molecule has 8 heteroatoms. The minimum Gasteiger partial charge on any atom is -0.243 e. The van der Waals surface area contributed by atoms with E-state index in [1.165, 1.54) is 6.07 Å². The van der Waals surface area contributed by atoms with E-state index in [1.54, 1.807) is 0 Å². The maximum atomic E-state index is 12.0. The van der Waals surface area contributed by atoms with Gasteiger partial charge in [-0.1, -0.05) is 0 Å². The fourth-order valence-electron chi connectivity index (χ4n) is 0.640. The number of nitrogens with zero attached hydrogens (tertiary/aromatic N) is 1. The fraction of sp³-hybridized carbons (Fsp3) is 0.167. The van der Waals surface area contributed by atoms with Crippen molar-refractivity contribution in [1.82, 2.24) is 4.98 Å². The van der Waals surface area contributed by atoms with E-state index in [0.717, 1.165) is 12.3 Å². The van der Waals surface area contributed by atoms with Crippen LogP contribution in [0.15, 0.2) is 27.8 Å². The molecule has 3 nitrogen and oxygen atoms in total. The van der Waals surface area contributed by atoms with Gasteiger partial charge in [0.05, 0.1) is 0 Å². The number of rotatable bonds is 1. The number of sulfone groups is 1. The van der Waals surface area contributed by atoms with Crippen LogP contribution >= 0.6 is 15.9 Å². The third-order valence-electron chi connectivity index (χ3n) is 1.28. The average Bonchev–Trinajstić information content (AvgIpc) is 2.03. The van der Waals surface area contributed by atoms with E-state index < -0.39 is 20.4 Å². The molecule has 0 aliphatic rings. The Bertz CT molecular complexity index is 425. The van der Waals surface area contributed by atoms with Crippen molar-refractivity contribution < 1.29 is 21.6 Å². The monoisotopic (exact) mass is 289 g/mol. The van der Waals surface area contributed by atoms with Crippen molar-refractivity contribution in [1.29, 1.82) is 0 Å². The lowest BCUT2D eigenvalue weighted by Gasteiger charge is -2.06. The summed E-state index contributed by atoms with van der Waals surface area (Å²) in [5.41, 5.74) is -5.31. The lowest BCUT2D eigenvalue weighted by molar-refractivity contribution is -0.0438. The SMILES string of the molecule is O=S(=O)(c1ccc(Br)cn1)C(F)(F)F. The van der Waals surface area contributed by atoms with Crippen LogP contribution in [0.5, 0.6) is 0 Å². The Labute approximate surface area is 86.0 Å². The normalized spacial score (nSPS) is 12.9. The van der Waals surface area contributed by atoms with Gasteiger partial charge in [0.1, 0.15) is 0 Å². The Kier molecular flexibility index (Phi) is 2.86. The molecule has 0 atom stereocenters. The third kappa shape index (κ3) is 2.06. The molecule has 0 saturated carbocycles. The lowest BCUT2D eigenvalue weighted by atomic mass is 10.5. The van der Waals surface area contributed by atoms with Gasteiger partial charge in [0.25, 0.3) is 9.84 Å². The summed E-state index contributed by atoms with van der Waals surface area (Å²) in [6.07, 6.45) is 0.985. The van der Waals surface area contributed by atoms with Crippen molar-refractivity contribution in [3.8, 4) is 0 Å². The van der Waals surface area contributed by atoms with E-state index >= 15 is 0 Å². The molecule has 1 aromatic heterocycles. The molecule has 0 bridgehead atoms. The van der Waals surface area contributed by atoms with Gasteiger partial charge in [0.2, 0.25) is 0 Å². The van der Waals surface area contributed by atoms with Crippen LogP contribution in [-0.2, 0) is 9.84 Å². The molecule has 0 spiro atoms. The molecule has 0 fully saturated rings. The maximum Gasteiger partial charge on any atom is 0.503 e. The first kappa shape index (κ1) is 11.4. The molecule has 1 aromatic rings. The van der Waals surface area contributed by atoms with Gasteiger partial charge >= 0.3 is 5.51 Å². The Hall–Kier alpha value is -0.630. The number of hydrogen-bond acceptors (Lipinski definition) is 3. The standard InChI is InChI=1S/C6H3BrF3NO2S/c7-4-1-2-5(11-3-4)14(12,13)6(8,9)10/h1-3H. The van der Waals surface area contributed by atoms with Crippen molar-refractivity contribution in [2.75, 3.05) is 0 Å². The van der Waals surface area contributed by atoms with E-state index in [-0.39, 0.29) is 0 Å². The highest BCUT2D eigenvalue weighted by Crippen LogP contribution is 2.29. The van der Waals surface area contributed by atoms with Crippen molar-refractivity contribution in [3.05, 3.63) is 22.8 Å². The first-order valence-corrected chi connectivity index (χ1v) is 5.45. The van der Waals surface area contributed by atoms with Crippen LogP contribution in [0.4, 0.5) is 13.2 Å². The summed E-state index contributed by atoms with van der Waals surface area (Å²) in [7, 11) is -5.33. The number of pyridine rings is 1. The largest absolute Gasteiger partial charge is 0.503 e. The Balaban J connectivity index is 3.25. The van der Waals surface area contributed by atoms with Gasteiger partial charge in [-0.05, 0) is 28.1 Å². The third-order valence-corrected chi connectivity index (χ3v) is 3.15. The predicted octanol–water partition coefficient (Wildman–Crippen LogP) is 2.14. The van der Waals surface area contributed by atoms with E-state index in [2.05, 4.69) is 20.9 Å². The lowest BCUT2D eigenvalue weighted by Crippen LogP contribution is -2.24. The topological polar surface area (TPSA) is 47.0 Å². The van der Waals surface area contributed by atoms with Crippen LogP contribution in [0.3, 0.4) is 0 Å². The molecule has 0 amide bonds. The molecule has 0 unspecified atom stereocenters. The molecule has 0 aliphatic heterocycles. The molecule has 0 aliphatic carbocycles. The minimum absolute atomic E-state index is 0.402. The second-order valence-electron chi connectivity index (χ2n) is 2.26. The fourth-order valence-corrected chi connectivity index (χ4v) is 1.55. The molecule has 1 heterocycles. The molecule has 14 heavy (non-hydrogen) atoms. The van der Waals surface area contributed by atoms with Crippen molar-refractivity contribution in [2.45, 2.75) is 10.5 Å². The number of aromatic nitrogens is 1. The second-order valence-corrected chi connectivity index (χ2v) is 5.07. The Morgan fingerprint density at radius 3 is 2.21 bits per heavy atom. The summed E-state index contributed by atoms with van der Waals surface area (Å²) in [5.74, 6) is 0. The highest BCUT2D eigenvalue weighted by Gasteiger charge is 2.47. The molecular weight excluding hydrogens is 287 g/mol. The molecule has 0 radical (unpaired) electrons. The molecule has 0 N–H and O–H groups in total. The van der Waals surface area contributed by atoms with Crippen LogP contribution in [0, 0.1) is 0 Å². The second kappa shape index (κ2) is 3.50. The van der Waals surface area contributed by atoms with E-state index in [4.69, 9.17) is 0 Å². The first-order valence-electron chi connectivity index (χ1n) is 3.18. The molecule has 1 rings (SSSR count). The quantitative estimate of drug-likeness (QED) is 0.796. The molecular formula is C6H3BrF3NO2S. The van der Waals surface area contributed by atoms with Gasteiger partial charge in [-0.2, -0.15) is 13.2 Å². The zero-order valence-corrected chi connectivity index (χ0v) is 8.82. The Morgan fingerprint density at radius 1 is 1.29 bits per heavy atom. The highest BCUT2D eigenvalue weighted by atomic mass is 79.9. The van der Waals surface area contributed by atoms with Gasteiger partial charge in [-0.3, -0.25) is 0 Å². The number of halogens is 4. The summed E-state index contributed by atoms with van der Waals surface area (Å²) >= 11 is 2.92. The van der Waals surface area contributed by atoms with E-state index in [1.807, 2.05) is 0 Å². The molecule has 78 valence electrons. The highest BCUT2D eigenvalue weighted by molar-refractivity contribution is 9.10. The van der Waals surface area contributed by atoms with Crippen LogP contribution in [-0.4, -0.2) is 18.9 Å². The van der Waals surface area contributed by atoms with Crippen molar-refractivity contribution in [3.63, 3.8) is 0 Å². The summed E-state index contributed by atoms with van der Waals surface area (Å²) in [4.78, 5) is 3.16. The van der Waals surface area contributed by atoms with Crippen LogP contribution in [0.2, 0.25) is 0 Å². The van der Waals surface area contributed by atoms with Crippen LogP contribution < -0.4 is 0 Å². The first-order chi connectivity index (χ1) is 6.25. The summed E-state index contributed by atoms with van der Waals surface area (Å²) in [5, 5.41) is -1.01. The van der Waals surface area contributed by atoms with Crippen LogP contribution in [0.1, 0.15) is 0 Å². The molecule has 0 aromatic carbocycles. The smallest absolute Gasteiger partial charge is 0.243 e.